The molecule has 1 heterocycles. The highest BCUT2D eigenvalue weighted by Gasteiger charge is 2.02. The second-order valence-corrected chi connectivity index (χ2v) is 2.77. The fourth-order valence-electron chi connectivity index (χ4n) is 0.875. The summed E-state index contributed by atoms with van der Waals surface area (Å²) >= 11 is 0. The van der Waals surface area contributed by atoms with Crippen LogP contribution >= 0.6 is 0 Å². The smallest absolute Gasteiger partial charge is 0.344 e. The quantitative estimate of drug-likeness (QED) is 0.467. The lowest BCUT2D eigenvalue weighted by atomic mass is 9.99. The average Bonchev–Trinajstić information content (AvgIpc) is 2.17. The molecule has 0 amide bonds. The lowest BCUT2D eigenvalue weighted by Crippen LogP contribution is -2.15. The largest absolute Gasteiger partial charge is 0.466 e. The standard InChI is InChI=1S/C9H12BNO3/c1-2-13-9(12)6-14-8-4-3-7(10)5-11-8/h3-5H,2,6,10H2,1H3. The van der Waals surface area contributed by atoms with Crippen LogP contribution in [0.25, 0.3) is 0 Å². The van der Waals surface area contributed by atoms with Crippen LogP contribution in [0.3, 0.4) is 0 Å². The van der Waals surface area contributed by atoms with E-state index >= 15 is 0 Å². The molecule has 0 saturated heterocycles. The summed E-state index contributed by atoms with van der Waals surface area (Å²) < 4.78 is 9.79. The van der Waals surface area contributed by atoms with Crippen LogP contribution in [-0.2, 0) is 9.53 Å². The second kappa shape index (κ2) is 5.27. The van der Waals surface area contributed by atoms with Crippen molar-refractivity contribution in [2.45, 2.75) is 6.92 Å². The topological polar surface area (TPSA) is 48.4 Å². The molecular weight excluding hydrogens is 181 g/mol. The highest BCUT2D eigenvalue weighted by Crippen LogP contribution is 2.01. The minimum atomic E-state index is -0.380. The van der Waals surface area contributed by atoms with Crippen LogP contribution in [-0.4, -0.2) is 32.0 Å². The van der Waals surface area contributed by atoms with Crippen molar-refractivity contribution in [2.75, 3.05) is 13.2 Å². The molecule has 14 heavy (non-hydrogen) atoms. The Bertz CT molecular complexity index is 299. The van der Waals surface area contributed by atoms with Crippen molar-refractivity contribution in [3.05, 3.63) is 18.3 Å². The number of nitrogens with zero attached hydrogens (tertiary/aromatic N) is 1. The van der Waals surface area contributed by atoms with E-state index in [1.165, 1.54) is 0 Å². The van der Waals surface area contributed by atoms with Gasteiger partial charge in [-0.25, -0.2) is 9.78 Å². The zero-order valence-electron chi connectivity index (χ0n) is 8.32. The molecule has 1 aromatic heterocycles. The molecule has 4 nitrogen and oxygen atoms in total. The van der Waals surface area contributed by atoms with Crippen molar-refractivity contribution >= 4 is 19.3 Å². The first-order valence-corrected chi connectivity index (χ1v) is 4.43. The summed E-state index contributed by atoms with van der Waals surface area (Å²) in [5.74, 6) is 0.0542. The maximum Gasteiger partial charge on any atom is 0.344 e. The Morgan fingerprint density at radius 1 is 1.57 bits per heavy atom. The molecule has 0 aromatic carbocycles. The number of ether oxygens (including phenoxy) is 2. The molecule has 0 saturated carbocycles. The molecular formula is C9H12BNO3. The van der Waals surface area contributed by atoms with E-state index in [0.717, 1.165) is 5.46 Å². The summed E-state index contributed by atoms with van der Waals surface area (Å²) in [4.78, 5) is 14.9. The van der Waals surface area contributed by atoms with Gasteiger partial charge in [0.15, 0.2) is 6.61 Å². The maximum absolute atomic E-state index is 10.9. The van der Waals surface area contributed by atoms with E-state index in [1.54, 1.807) is 19.2 Å². The van der Waals surface area contributed by atoms with Crippen LogP contribution in [0.15, 0.2) is 18.3 Å². The van der Waals surface area contributed by atoms with Gasteiger partial charge in [0.2, 0.25) is 5.88 Å². The Morgan fingerprint density at radius 3 is 2.93 bits per heavy atom. The highest BCUT2D eigenvalue weighted by molar-refractivity contribution is 6.32. The summed E-state index contributed by atoms with van der Waals surface area (Å²) in [7, 11) is 1.93. The van der Waals surface area contributed by atoms with Crippen LogP contribution in [0.4, 0.5) is 0 Å². The molecule has 0 radical (unpaired) electrons. The predicted molar refractivity (Wildman–Crippen MR) is 54.5 cm³/mol. The summed E-state index contributed by atoms with van der Waals surface area (Å²) in [5.41, 5.74) is 1.05. The van der Waals surface area contributed by atoms with Gasteiger partial charge in [0, 0.05) is 6.20 Å². The van der Waals surface area contributed by atoms with E-state index in [4.69, 9.17) is 9.47 Å². The zero-order valence-corrected chi connectivity index (χ0v) is 8.32. The van der Waals surface area contributed by atoms with Gasteiger partial charge in [0.1, 0.15) is 7.85 Å². The molecule has 1 aromatic rings. The minimum absolute atomic E-state index is 0.0934. The first-order chi connectivity index (χ1) is 6.72. The summed E-state index contributed by atoms with van der Waals surface area (Å²) in [6.45, 7) is 2.02. The SMILES string of the molecule is Bc1ccc(OCC(=O)OCC)nc1. The number of aromatic nitrogens is 1. The lowest BCUT2D eigenvalue weighted by molar-refractivity contribution is -0.145. The second-order valence-electron chi connectivity index (χ2n) is 2.77. The van der Waals surface area contributed by atoms with Gasteiger partial charge < -0.3 is 9.47 Å². The molecule has 5 heteroatoms. The molecule has 0 aliphatic heterocycles. The maximum atomic E-state index is 10.9. The van der Waals surface area contributed by atoms with E-state index in [9.17, 15) is 4.79 Å². The number of pyridine rings is 1. The highest BCUT2D eigenvalue weighted by atomic mass is 16.6. The van der Waals surface area contributed by atoms with Crippen molar-refractivity contribution in [1.82, 2.24) is 4.98 Å². The van der Waals surface area contributed by atoms with Gasteiger partial charge in [0.25, 0.3) is 0 Å². The number of esters is 1. The van der Waals surface area contributed by atoms with Crippen LogP contribution in [0.2, 0.25) is 0 Å². The molecule has 74 valence electrons. The van der Waals surface area contributed by atoms with Crippen LogP contribution in [0, 0.1) is 0 Å². The lowest BCUT2D eigenvalue weighted by Gasteiger charge is -2.04. The molecule has 0 aliphatic carbocycles. The summed E-state index contributed by atoms with van der Waals surface area (Å²) in [5, 5.41) is 0. The van der Waals surface area contributed by atoms with Crippen molar-refractivity contribution in [3.63, 3.8) is 0 Å². The number of carbonyl (C=O) groups excluding carboxylic acids is 1. The molecule has 1 rings (SSSR count). The summed E-state index contributed by atoms with van der Waals surface area (Å²) in [6.07, 6.45) is 1.68. The van der Waals surface area contributed by atoms with Crippen LogP contribution in [0.5, 0.6) is 5.88 Å². The Morgan fingerprint density at radius 2 is 2.36 bits per heavy atom. The Hall–Kier alpha value is -1.52. The van der Waals surface area contributed by atoms with Gasteiger partial charge in [0.05, 0.1) is 6.61 Å². The van der Waals surface area contributed by atoms with Crippen molar-refractivity contribution in [1.29, 1.82) is 0 Å². The molecule has 0 unspecified atom stereocenters. The Labute approximate surface area is 83.7 Å². The normalized spacial score (nSPS) is 9.50. The van der Waals surface area contributed by atoms with Crippen LogP contribution < -0.4 is 10.2 Å². The molecule has 0 spiro atoms. The fourth-order valence-corrected chi connectivity index (χ4v) is 0.875. The third-order valence-electron chi connectivity index (χ3n) is 1.53. The third kappa shape index (κ3) is 3.47. The Kier molecular flexibility index (Phi) is 3.97. The molecule has 0 N–H and O–H groups in total. The van der Waals surface area contributed by atoms with E-state index in [-0.39, 0.29) is 12.6 Å². The van der Waals surface area contributed by atoms with E-state index in [0.29, 0.717) is 12.5 Å². The van der Waals surface area contributed by atoms with E-state index in [2.05, 4.69) is 4.98 Å². The fraction of sp³-hybridized carbons (Fsp3) is 0.333. The van der Waals surface area contributed by atoms with Crippen molar-refractivity contribution < 1.29 is 14.3 Å². The van der Waals surface area contributed by atoms with Gasteiger partial charge in [-0.3, -0.25) is 0 Å². The van der Waals surface area contributed by atoms with Gasteiger partial charge in [-0.2, -0.15) is 0 Å². The van der Waals surface area contributed by atoms with Gasteiger partial charge >= 0.3 is 5.97 Å². The average molecular weight is 193 g/mol. The number of rotatable bonds is 4. The van der Waals surface area contributed by atoms with Gasteiger partial charge in [-0.05, 0) is 13.0 Å². The van der Waals surface area contributed by atoms with E-state index in [1.807, 2.05) is 13.9 Å². The van der Waals surface area contributed by atoms with Gasteiger partial charge in [-0.15, -0.1) is 0 Å². The molecule has 0 fully saturated rings. The first kappa shape index (κ1) is 10.6. The third-order valence-corrected chi connectivity index (χ3v) is 1.53. The predicted octanol–water partition coefficient (Wildman–Crippen LogP) is -0.718. The summed E-state index contributed by atoms with van der Waals surface area (Å²) in [6, 6.07) is 3.59. The number of hydrogen-bond acceptors (Lipinski definition) is 4. The minimum Gasteiger partial charge on any atom is -0.466 e. The van der Waals surface area contributed by atoms with E-state index < -0.39 is 0 Å². The molecule has 0 atom stereocenters. The number of carbonyl (C=O) groups is 1. The zero-order chi connectivity index (χ0) is 10.4. The van der Waals surface area contributed by atoms with Crippen molar-refractivity contribution in [3.8, 4) is 5.88 Å². The first-order valence-electron chi connectivity index (χ1n) is 4.43. The van der Waals surface area contributed by atoms with Gasteiger partial charge in [-0.1, -0.05) is 11.5 Å². The Balaban J connectivity index is 2.38. The monoisotopic (exact) mass is 193 g/mol. The number of hydrogen-bond donors (Lipinski definition) is 0. The van der Waals surface area contributed by atoms with Crippen LogP contribution in [0.1, 0.15) is 6.92 Å². The molecule has 0 bridgehead atoms. The van der Waals surface area contributed by atoms with Crippen molar-refractivity contribution in [2.24, 2.45) is 0 Å². The molecule has 0 aliphatic rings.